The highest BCUT2D eigenvalue weighted by atomic mass is 32.2. The number of nitro groups is 1. The molecular formula is C26H25N3O4S. The molecule has 0 unspecified atom stereocenters. The van der Waals surface area contributed by atoms with Gasteiger partial charge in [0.2, 0.25) is 0 Å². The van der Waals surface area contributed by atoms with Crippen molar-refractivity contribution in [3.63, 3.8) is 0 Å². The zero-order valence-electron chi connectivity index (χ0n) is 18.9. The van der Waals surface area contributed by atoms with E-state index in [9.17, 15) is 18.5 Å². The second-order valence-electron chi connectivity index (χ2n) is 8.96. The number of hydrogen-bond acceptors (Lipinski definition) is 5. The molecule has 2 N–H and O–H groups in total. The second-order valence-corrected chi connectivity index (χ2v) is 10.6. The van der Waals surface area contributed by atoms with Crippen molar-refractivity contribution in [3.8, 4) is 0 Å². The average molecular weight is 476 g/mol. The summed E-state index contributed by atoms with van der Waals surface area (Å²) in [7, 11) is -3.79. The van der Waals surface area contributed by atoms with Gasteiger partial charge in [-0.15, -0.1) is 0 Å². The van der Waals surface area contributed by atoms with Crippen LogP contribution in [0.25, 0.3) is 0 Å². The molecule has 7 nitrogen and oxygen atoms in total. The standard InChI is InChI=1S/C26H25N3O4S/c1-16-10-11-17(2)24(14-16)28-34(32,33)18-12-13-23-22(15-18)19-7-5-8-20(19)26(27-23)21-6-3-4-9-25(21)29(30)31/h3-7,9-15,19-20,26-28H,8H2,1-2H3/t19-,20+,26-/m0/s1. The van der Waals surface area contributed by atoms with Crippen LogP contribution >= 0.6 is 0 Å². The Labute approximate surface area is 198 Å². The van der Waals surface area contributed by atoms with E-state index < -0.39 is 10.0 Å². The molecule has 0 saturated heterocycles. The number of nitro benzene ring substituents is 1. The van der Waals surface area contributed by atoms with Crippen molar-refractivity contribution >= 4 is 27.1 Å². The van der Waals surface area contributed by atoms with E-state index in [1.54, 1.807) is 30.3 Å². The van der Waals surface area contributed by atoms with Crippen LogP contribution in [-0.2, 0) is 10.0 Å². The van der Waals surface area contributed by atoms with Crippen molar-refractivity contribution < 1.29 is 13.3 Å². The number of aryl methyl sites for hydroxylation is 2. The lowest BCUT2D eigenvalue weighted by molar-refractivity contribution is -0.385. The quantitative estimate of drug-likeness (QED) is 0.274. The van der Waals surface area contributed by atoms with E-state index in [-0.39, 0.29) is 33.4 Å². The number of hydrogen-bond donors (Lipinski definition) is 2. The van der Waals surface area contributed by atoms with E-state index in [0.29, 0.717) is 11.3 Å². The summed E-state index contributed by atoms with van der Waals surface area (Å²) in [5.41, 5.74) is 4.79. The number of rotatable bonds is 5. The van der Waals surface area contributed by atoms with Crippen molar-refractivity contribution in [1.29, 1.82) is 0 Å². The monoisotopic (exact) mass is 475 g/mol. The first-order valence-corrected chi connectivity index (χ1v) is 12.6. The van der Waals surface area contributed by atoms with Gasteiger partial charge in [0.05, 0.1) is 27.1 Å². The molecule has 3 aromatic rings. The van der Waals surface area contributed by atoms with Crippen molar-refractivity contribution in [1.82, 2.24) is 0 Å². The molecule has 3 atom stereocenters. The molecule has 0 spiro atoms. The highest BCUT2D eigenvalue weighted by Gasteiger charge is 2.40. The summed E-state index contributed by atoms with van der Waals surface area (Å²) >= 11 is 0. The Balaban J connectivity index is 1.52. The zero-order valence-corrected chi connectivity index (χ0v) is 19.7. The first-order chi connectivity index (χ1) is 16.2. The van der Waals surface area contributed by atoms with E-state index in [0.717, 1.165) is 28.8 Å². The first-order valence-electron chi connectivity index (χ1n) is 11.1. The van der Waals surface area contributed by atoms with Crippen LogP contribution in [0.2, 0.25) is 0 Å². The summed E-state index contributed by atoms with van der Waals surface area (Å²) in [4.78, 5) is 11.5. The van der Waals surface area contributed by atoms with Crippen LogP contribution in [0, 0.1) is 29.9 Å². The minimum absolute atomic E-state index is 0.0306. The Kier molecular flexibility index (Phi) is 5.40. The van der Waals surface area contributed by atoms with E-state index in [2.05, 4.69) is 22.2 Å². The molecule has 1 heterocycles. The predicted octanol–water partition coefficient (Wildman–Crippen LogP) is 5.84. The van der Waals surface area contributed by atoms with Crippen LogP contribution in [0.15, 0.2) is 77.7 Å². The van der Waals surface area contributed by atoms with E-state index in [4.69, 9.17) is 0 Å². The third-order valence-corrected chi connectivity index (χ3v) is 8.11. The average Bonchev–Trinajstić information content (AvgIpc) is 3.31. The minimum atomic E-state index is -3.79. The van der Waals surface area contributed by atoms with Gasteiger partial charge < -0.3 is 5.32 Å². The number of fused-ring (bicyclic) bond motifs is 3. The Morgan fingerprint density at radius 1 is 1.03 bits per heavy atom. The number of benzene rings is 3. The molecule has 0 saturated carbocycles. The van der Waals surface area contributed by atoms with Gasteiger partial charge in [-0.1, -0.05) is 42.5 Å². The maximum atomic E-state index is 13.2. The third kappa shape index (κ3) is 3.84. The van der Waals surface area contributed by atoms with Crippen molar-refractivity contribution in [2.75, 3.05) is 10.0 Å². The molecule has 174 valence electrons. The lowest BCUT2D eigenvalue weighted by Crippen LogP contribution is -2.30. The molecule has 0 amide bonds. The SMILES string of the molecule is Cc1ccc(C)c(NS(=O)(=O)c2ccc3c(c2)[C@H]2C=CC[C@H]2[C@@H](c2ccccc2[N+](=O)[O-])N3)c1. The lowest BCUT2D eigenvalue weighted by atomic mass is 9.76. The Bertz CT molecular complexity index is 1430. The summed E-state index contributed by atoms with van der Waals surface area (Å²) in [6.07, 6.45) is 4.91. The molecule has 0 bridgehead atoms. The molecule has 8 heteroatoms. The lowest BCUT2D eigenvalue weighted by Gasteiger charge is -2.37. The zero-order chi connectivity index (χ0) is 24.0. The fourth-order valence-corrected chi connectivity index (χ4v) is 6.17. The van der Waals surface area contributed by atoms with E-state index in [1.807, 2.05) is 38.1 Å². The van der Waals surface area contributed by atoms with Crippen LogP contribution in [0.1, 0.15) is 40.6 Å². The van der Waals surface area contributed by atoms with Crippen LogP contribution < -0.4 is 10.0 Å². The largest absolute Gasteiger partial charge is 0.377 e. The Hall–Kier alpha value is -3.65. The fraction of sp³-hybridized carbons (Fsp3) is 0.231. The van der Waals surface area contributed by atoms with Gasteiger partial charge in [-0.3, -0.25) is 14.8 Å². The summed E-state index contributed by atoms with van der Waals surface area (Å²) < 4.78 is 29.2. The van der Waals surface area contributed by atoms with Gasteiger partial charge >= 0.3 is 0 Å². The molecular weight excluding hydrogens is 450 g/mol. The van der Waals surface area contributed by atoms with Crippen LogP contribution in [0.4, 0.5) is 17.1 Å². The first kappa shape index (κ1) is 22.2. The molecule has 1 aliphatic heterocycles. The Morgan fingerprint density at radius 3 is 2.62 bits per heavy atom. The number of sulfonamides is 1. The van der Waals surface area contributed by atoms with Crippen LogP contribution in [-0.4, -0.2) is 13.3 Å². The van der Waals surface area contributed by atoms with Gasteiger partial charge in [-0.05, 0) is 67.1 Å². The highest BCUT2D eigenvalue weighted by Crippen LogP contribution is 2.51. The summed E-state index contributed by atoms with van der Waals surface area (Å²) in [5, 5.41) is 15.1. The molecule has 0 aromatic heterocycles. The predicted molar refractivity (Wildman–Crippen MR) is 133 cm³/mol. The smallest absolute Gasteiger partial charge is 0.274 e. The summed E-state index contributed by atoms with van der Waals surface area (Å²) in [6.45, 7) is 3.78. The maximum Gasteiger partial charge on any atom is 0.274 e. The normalized spacial score (nSPS) is 20.8. The molecule has 2 aliphatic rings. The van der Waals surface area contributed by atoms with Gasteiger partial charge in [0.15, 0.2) is 0 Å². The van der Waals surface area contributed by atoms with E-state index >= 15 is 0 Å². The summed E-state index contributed by atoms with van der Waals surface area (Å²) in [6, 6.07) is 17.3. The van der Waals surface area contributed by atoms with Crippen LogP contribution in [0.5, 0.6) is 0 Å². The van der Waals surface area contributed by atoms with Gasteiger partial charge in [0, 0.05) is 17.7 Å². The van der Waals surface area contributed by atoms with Gasteiger partial charge in [-0.2, -0.15) is 0 Å². The fourth-order valence-electron chi connectivity index (χ4n) is 5.01. The second kappa shape index (κ2) is 8.29. The number of allylic oxidation sites excluding steroid dienone is 2. The van der Waals surface area contributed by atoms with Crippen molar-refractivity contribution in [2.24, 2.45) is 5.92 Å². The molecule has 0 fully saturated rings. The number of nitrogens with zero attached hydrogens (tertiary/aromatic N) is 1. The molecule has 0 radical (unpaired) electrons. The number of anilines is 2. The van der Waals surface area contributed by atoms with E-state index in [1.165, 1.54) is 6.07 Å². The van der Waals surface area contributed by atoms with Gasteiger partial charge in [0.1, 0.15) is 0 Å². The maximum absolute atomic E-state index is 13.2. The highest BCUT2D eigenvalue weighted by molar-refractivity contribution is 7.92. The summed E-state index contributed by atoms with van der Waals surface area (Å²) in [5.74, 6) is 0.0236. The van der Waals surface area contributed by atoms with Gasteiger partial charge in [0.25, 0.3) is 15.7 Å². The Morgan fingerprint density at radius 2 is 1.82 bits per heavy atom. The third-order valence-electron chi connectivity index (χ3n) is 6.75. The molecule has 34 heavy (non-hydrogen) atoms. The minimum Gasteiger partial charge on any atom is -0.377 e. The van der Waals surface area contributed by atoms with Crippen molar-refractivity contribution in [3.05, 3.63) is 105 Å². The molecule has 3 aromatic carbocycles. The van der Waals surface area contributed by atoms with Crippen LogP contribution in [0.3, 0.4) is 0 Å². The van der Waals surface area contributed by atoms with Gasteiger partial charge in [-0.25, -0.2) is 8.42 Å². The number of para-hydroxylation sites is 1. The molecule has 1 aliphatic carbocycles. The van der Waals surface area contributed by atoms with Crippen molar-refractivity contribution in [2.45, 2.75) is 37.1 Å². The number of nitrogens with one attached hydrogen (secondary N) is 2. The topological polar surface area (TPSA) is 101 Å². The molecule has 5 rings (SSSR count).